The summed E-state index contributed by atoms with van der Waals surface area (Å²) < 4.78 is 10.6. The zero-order valence-corrected chi connectivity index (χ0v) is 15.6. The van der Waals surface area contributed by atoms with Gasteiger partial charge in [-0.2, -0.15) is 0 Å². The van der Waals surface area contributed by atoms with Gasteiger partial charge in [0.2, 0.25) is 0 Å². The number of carbonyl (C=O) groups excluding carboxylic acids is 1. The lowest BCUT2D eigenvalue weighted by molar-refractivity contribution is 0.0702. The predicted molar refractivity (Wildman–Crippen MR) is 104 cm³/mol. The first kappa shape index (κ1) is 17.4. The maximum Gasteiger partial charge on any atom is 0.257 e. The Balaban J connectivity index is 1.56. The molecule has 3 aromatic rings. The Bertz CT molecular complexity index is 933. The second kappa shape index (κ2) is 7.31. The SMILES string of the molecule is COc1ccc(C(=O)N2CCC[C@H](c3cc4ncccc4[nH]3)C2)c(OC)c1. The molecule has 1 N–H and O–H groups in total. The normalized spacial score (nSPS) is 17.1. The van der Waals surface area contributed by atoms with Crippen LogP contribution >= 0.6 is 0 Å². The number of pyridine rings is 1. The summed E-state index contributed by atoms with van der Waals surface area (Å²) in [6.45, 7) is 1.43. The van der Waals surface area contributed by atoms with Gasteiger partial charge in [-0.15, -0.1) is 0 Å². The molecule has 0 radical (unpaired) electrons. The predicted octanol–water partition coefficient (Wildman–Crippen LogP) is 3.60. The molecule has 0 aliphatic carbocycles. The molecule has 4 rings (SSSR count). The van der Waals surface area contributed by atoms with Gasteiger partial charge in [0.05, 0.1) is 30.8 Å². The number of piperidine rings is 1. The molecule has 1 atom stereocenters. The lowest BCUT2D eigenvalue weighted by atomic mass is 9.94. The van der Waals surface area contributed by atoms with Crippen molar-refractivity contribution in [2.24, 2.45) is 0 Å². The summed E-state index contributed by atoms with van der Waals surface area (Å²) in [7, 11) is 3.17. The number of aromatic amines is 1. The number of hydrogen-bond acceptors (Lipinski definition) is 4. The Hall–Kier alpha value is -3.02. The fourth-order valence-corrected chi connectivity index (χ4v) is 3.76. The standard InChI is InChI=1S/C21H23N3O3/c1-26-15-7-8-16(20(11-15)27-2)21(25)24-10-4-5-14(13-24)18-12-19-17(23-18)6-3-9-22-19/h3,6-9,11-12,14,23H,4-5,10,13H2,1-2H3/t14-/m0/s1. The lowest BCUT2D eigenvalue weighted by Crippen LogP contribution is -2.39. The van der Waals surface area contributed by atoms with Crippen molar-refractivity contribution in [1.82, 2.24) is 14.9 Å². The highest BCUT2D eigenvalue weighted by atomic mass is 16.5. The maximum absolute atomic E-state index is 13.1. The van der Waals surface area contributed by atoms with Gasteiger partial charge in [-0.1, -0.05) is 0 Å². The second-order valence-electron chi connectivity index (χ2n) is 6.82. The number of methoxy groups -OCH3 is 2. The number of likely N-dealkylation sites (tertiary alicyclic amines) is 1. The van der Waals surface area contributed by atoms with Gasteiger partial charge in [-0.05, 0) is 43.2 Å². The molecule has 0 saturated carbocycles. The van der Waals surface area contributed by atoms with E-state index < -0.39 is 0 Å². The highest BCUT2D eigenvalue weighted by molar-refractivity contribution is 5.97. The van der Waals surface area contributed by atoms with E-state index in [9.17, 15) is 4.79 Å². The molecule has 1 saturated heterocycles. The smallest absolute Gasteiger partial charge is 0.257 e. The molecule has 0 unspecified atom stereocenters. The molecule has 1 aromatic carbocycles. The van der Waals surface area contributed by atoms with Crippen molar-refractivity contribution in [2.75, 3.05) is 27.3 Å². The molecular weight excluding hydrogens is 342 g/mol. The minimum Gasteiger partial charge on any atom is -0.497 e. The van der Waals surface area contributed by atoms with Crippen LogP contribution in [-0.4, -0.2) is 48.1 Å². The molecule has 1 amide bonds. The van der Waals surface area contributed by atoms with Crippen LogP contribution in [0, 0.1) is 0 Å². The maximum atomic E-state index is 13.1. The van der Waals surface area contributed by atoms with Gasteiger partial charge >= 0.3 is 0 Å². The van der Waals surface area contributed by atoms with Gasteiger partial charge in [0.25, 0.3) is 5.91 Å². The molecule has 0 bridgehead atoms. The number of benzene rings is 1. The number of aromatic nitrogens is 2. The Labute approximate surface area is 158 Å². The first-order valence-corrected chi connectivity index (χ1v) is 9.14. The zero-order valence-electron chi connectivity index (χ0n) is 15.6. The minimum absolute atomic E-state index is 0.00607. The zero-order chi connectivity index (χ0) is 18.8. The first-order valence-electron chi connectivity index (χ1n) is 9.14. The van der Waals surface area contributed by atoms with Gasteiger partial charge in [0.15, 0.2) is 0 Å². The van der Waals surface area contributed by atoms with E-state index >= 15 is 0 Å². The third-order valence-electron chi connectivity index (χ3n) is 5.20. The van der Waals surface area contributed by atoms with Gasteiger partial charge in [-0.3, -0.25) is 9.78 Å². The van der Waals surface area contributed by atoms with E-state index in [4.69, 9.17) is 9.47 Å². The monoisotopic (exact) mass is 365 g/mol. The molecule has 2 aromatic heterocycles. The van der Waals surface area contributed by atoms with Gasteiger partial charge < -0.3 is 19.4 Å². The largest absolute Gasteiger partial charge is 0.497 e. The molecule has 1 fully saturated rings. The number of nitrogens with one attached hydrogen (secondary N) is 1. The van der Waals surface area contributed by atoms with Crippen LogP contribution < -0.4 is 9.47 Å². The van der Waals surface area contributed by atoms with Crippen LogP contribution in [0.1, 0.15) is 34.8 Å². The number of hydrogen-bond donors (Lipinski definition) is 1. The Morgan fingerprint density at radius 3 is 2.89 bits per heavy atom. The van der Waals surface area contributed by atoms with Crippen molar-refractivity contribution in [2.45, 2.75) is 18.8 Å². The average Bonchev–Trinajstić information content (AvgIpc) is 3.17. The third-order valence-corrected chi connectivity index (χ3v) is 5.20. The Morgan fingerprint density at radius 1 is 1.22 bits per heavy atom. The summed E-state index contributed by atoms with van der Waals surface area (Å²) in [6, 6.07) is 11.4. The minimum atomic E-state index is -0.00607. The Morgan fingerprint density at radius 2 is 2.11 bits per heavy atom. The Kier molecular flexibility index (Phi) is 4.71. The molecule has 1 aliphatic heterocycles. The van der Waals surface area contributed by atoms with Crippen LogP contribution in [0.2, 0.25) is 0 Å². The third kappa shape index (κ3) is 3.35. The second-order valence-corrected chi connectivity index (χ2v) is 6.82. The van der Waals surface area contributed by atoms with Crippen LogP contribution in [0.25, 0.3) is 11.0 Å². The average molecular weight is 365 g/mol. The van der Waals surface area contributed by atoms with Crippen molar-refractivity contribution in [3.63, 3.8) is 0 Å². The summed E-state index contributed by atoms with van der Waals surface area (Å²) in [4.78, 5) is 22.9. The fraction of sp³-hybridized carbons (Fsp3) is 0.333. The summed E-state index contributed by atoms with van der Waals surface area (Å²) in [5.41, 5.74) is 3.71. The van der Waals surface area contributed by atoms with Crippen LogP contribution in [0.3, 0.4) is 0 Å². The molecule has 27 heavy (non-hydrogen) atoms. The van der Waals surface area contributed by atoms with E-state index in [1.165, 1.54) is 0 Å². The van der Waals surface area contributed by atoms with E-state index in [0.29, 0.717) is 23.6 Å². The number of fused-ring (bicyclic) bond motifs is 1. The lowest BCUT2D eigenvalue weighted by Gasteiger charge is -2.32. The van der Waals surface area contributed by atoms with Crippen molar-refractivity contribution in [1.29, 1.82) is 0 Å². The van der Waals surface area contributed by atoms with Crippen LogP contribution in [0.5, 0.6) is 11.5 Å². The van der Waals surface area contributed by atoms with Crippen molar-refractivity contribution < 1.29 is 14.3 Å². The van der Waals surface area contributed by atoms with Crippen LogP contribution in [0.4, 0.5) is 0 Å². The highest BCUT2D eigenvalue weighted by Crippen LogP contribution is 2.31. The molecular formula is C21H23N3O3. The number of carbonyl (C=O) groups is 1. The van der Waals surface area contributed by atoms with Gasteiger partial charge in [0, 0.05) is 37.0 Å². The molecule has 140 valence electrons. The van der Waals surface area contributed by atoms with E-state index in [1.54, 1.807) is 38.6 Å². The topological polar surface area (TPSA) is 67.5 Å². The number of amides is 1. The number of ether oxygens (including phenoxy) is 2. The molecule has 6 heteroatoms. The van der Waals surface area contributed by atoms with E-state index in [-0.39, 0.29) is 11.8 Å². The summed E-state index contributed by atoms with van der Waals surface area (Å²) in [5.74, 6) is 1.48. The number of H-pyrrole nitrogens is 1. The first-order chi connectivity index (χ1) is 13.2. The molecule has 0 spiro atoms. The van der Waals surface area contributed by atoms with Gasteiger partial charge in [-0.25, -0.2) is 0 Å². The summed E-state index contributed by atoms with van der Waals surface area (Å²) >= 11 is 0. The summed E-state index contributed by atoms with van der Waals surface area (Å²) in [5, 5.41) is 0. The molecule has 1 aliphatic rings. The number of rotatable bonds is 4. The molecule has 3 heterocycles. The van der Waals surface area contributed by atoms with E-state index in [1.807, 2.05) is 17.0 Å². The quantitative estimate of drug-likeness (QED) is 0.767. The van der Waals surface area contributed by atoms with E-state index in [2.05, 4.69) is 16.0 Å². The van der Waals surface area contributed by atoms with Crippen molar-refractivity contribution in [3.8, 4) is 11.5 Å². The van der Waals surface area contributed by atoms with Crippen LogP contribution in [-0.2, 0) is 0 Å². The van der Waals surface area contributed by atoms with Crippen molar-refractivity contribution in [3.05, 3.63) is 53.9 Å². The molecule has 6 nitrogen and oxygen atoms in total. The van der Waals surface area contributed by atoms with Crippen LogP contribution in [0.15, 0.2) is 42.6 Å². The highest BCUT2D eigenvalue weighted by Gasteiger charge is 2.28. The number of nitrogens with zero attached hydrogens (tertiary/aromatic N) is 2. The van der Waals surface area contributed by atoms with E-state index in [0.717, 1.165) is 36.1 Å². The van der Waals surface area contributed by atoms with Gasteiger partial charge in [0.1, 0.15) is 11.5 Å². The van der Waals surface area contributed by atoms with Crippen molar-refractivity contribution >= 4 is 16.9 Å². The fourth-order valence-electron chi connectivity index (χ4n) is 3.76. The summed E-state index contributed by atoms with van der Waals surface area (Å²) in [6.07, 6.45) is 3.82.